The van der Waals surface area contributed by atoms with Gasteiger partial charge in [-0.3, -0.25) is 0 Å². The van der Waals surface area contributed by atoms with Crippen LogP contribution in [0.4, 0.5) is 0 Å². The van der Waals surface area contributed by atoms with Crippen molar-refractivity contribution in [3.63, 3.8) is 0 Å². The molecule has 2 aromatic carbocycles. The lowest BCUT2D eigenvalue weighted by Gasteiger charge is -2.09. The third-order valence-electron chi connectivity index (χ3n) is 4.05. The normalized spacial score (nSPS) is 11.5. The fraction of sp³-hybridized carbons (Fsp3) is 0.200. The van der Waals surface area contributed by atoms with Crippen LogP contribution in [0, 0.1) is 0 Å². The van der Waals surface area contributed by atoms with Gasteiger partial charge in [-0.05, 0) is 35.8 Å². The lowest BCUT2D eigenvalue weighted by Crippen LogP contribution is -1.90. The Bertz CT molecular complexity index is 939. The van der Waals surface area contributed by atoms with Crippen LogP contribution in [0.15, 0.2) is 40.9 Å². The van der Waals surface area contributed by atoms with Crippen LogP contribution in [0.3, 0.4) is 0 Å². The van der Waals surface area contributed by atoms with E-state index in [2.05, 4.69) is 17.1 Å². The van der Waals surface area contributed by atoms with Gasteiger partial charge in [0.05, 0.1) is 14.2 Å². The highest BCUT2D eigenvalue weighted by Crippen LogP contribution is 2.38. The van der Waals surface area contributed by atoms with Gasteiger partial charge < -0.3 is 19.1 Å². The maximum atomic E-state index is 9.99. The van der Waals surface area contributed by atoms with Gasteiger partial charge in [0.25, 0.3) is 5.89 Å². The molecule has 0 aliphatic heterocycles. The van der Waals surface area contributed by atoms with Crippen LogP contribution in [0.5, 0.6) is 17.2 Å². The Balaban J connectivity index is 1.90. The van der Waals surface area contributed by atoms with Crippen LogP contribution in [-0.2, 0) is 6.42 Å². The van der Waals surface area contributed by atoms with Crippen molar-refractivity contribution in [2.45, 2.75) is 13.3 Å². The molecular weight excluding hydrogens is 368 g/mol. The summed E-state index contributed by atoms with van der Waals surface area (Å²) >= 11 is 6.34. The maximum absolute atomic E-state index is 9.99. The van der Waals surface area contributed by atoms with Crippen molar-refractivity contribution in [2.24, 2.45) is 0 Å². The number of phenolic OH excluding ortho intramolecular Hbond substituents is 1. The fourth-order valence-electron chi connectivity index (χ4n) is 2.53. The van der Waals surface area contributed by atoms with Gasteiger partial charge in [-0.25, -0.2) is 0 Å². The highest BCUT2D eigenvalue weighted by Gasteiger charge is 2.14. The van der Waals surface area contributed by atoms with Gasteiger partial charge in [-0.2, -0.15) is 4.98 Å². The first kappa shape index (κ1) is 18.8. The number of halogens is 1. The van der Waals surface area contributed by atoms with Crippen molar-refractivity contribution in [3.8, 4) is 28.6 Å². The summed E-state index contributed by atoms with van der Waals surface area (Å²) in [5.41, 5.74) is 2.73. The Hall–Kier alpha value is -2.99. The van der Waals surface area contributed by atoms with E-state index in [4.69, 9.17) is 25.6 Å². The Labute approximate surface area is 162 Å². The smallest absolute Gasteiger partial charge is 0.269 e. The van der Waals surface area contributed by atoms with Crippen LogP contribution < -0.4 is 9.47 Å². The molecule has 1 aromatic heterocycles. The highest BCUT2D eigenvalue weighted by molar-refractivity contribution is 6.50. The molecule has 3 aromatic rings. The van der Waals surface area contributed by atoms with Gasteiger partial charge in [0.15, 0.2) is 11.5 Å². The molecule has 0 saturated heterocycles. The summed E-state index contributed by atoms with van der Waals surface area (Å²) < 4.78 is 15.6. The number of aryl methyl sites for hydroxylation is 1. The van der Waals surface area contributed by atoms with Gasteiger partial charge in [-0.1, -0.05) is 47.9 Å². The van der Waals surface area contributed by atoms with Crippen LogP contribution >= 0.6 is 11.6 Å². The molecule has 140 valence electrons. The second kappa shape index (κ2) is 8.14. The van der Waals surface area contributed by atoms with E-state index in [0.717, 1.165) is 12.0 Å². The third kappa shape index (κ3) is 4.06. The molecule has 1 N–H and O–H groups in total. The van der Waals surface area contributed by atoms with E-state index in [9.17, 15) is 5.11 Å². The van der Waals surface area contributed by atoms with E-state index in [0.29, 0.717) is 11.4 Å². The summed E-state index contributed by atoms with van der Waals surface area (Å²) in [4.78, 5) is 4.34. The summed E-state index contributed by atoms with van der Waals surface area (Å²) in [7, 11) is 2.91. The zero-order chi connectivity index (χ0) is 19.4. The second-order valence-electron chi connectivity index (χ2n) is 5.74. The summed E-state index contributed by atoms with van der Waals surface area (Å²) in [6.07, 6.45) is 2.59. The number of hydrogen-bond donors (Lipinski definition) is 1. The first-order valence-corrected chi connectivity index (χ1v) is 8.69. The molecule has 0 spiro atoms. The maximum Gasteiger partial charge on any atom is 0.269 e. The number of phenols is 1. The first-order valence-electron chi connectivity index (χ1n) is 8.31. The van der Waals surface area contributed by atoms with Crippen molar-refractivity contribution >= 4 is 22.7 Å². The van der Waals surface area contributed by atoms with Gasteiger partial charge >= 0.3 is 0 Å². The molecule has 0 radical (unpaired) electrons. The molecule has 7 heteroatoms. The van der Waals surface area contributed by atoms with E-state index >= 15 is 0 Å². The largest absolute Gasteiger partial charge is 0.502 e. The predicted octanol–water partition coefficient (Wildman–Crippen LogP) is 4.76. The van der Waals surface area contributed by atoms with Gasteiger partial charge in [0.1, 0.15) is 5.03 Å². The standard InChI is InChI=1S/C20H19ClN2O4/c1-4-12-5-7-14(8-6-12)19-22-20(27-23-19)15(21)9-13-10-16(25-2)18(24)17(11-13)26-3/h5-11,24H,4H2,1-3H3/b15-9-. The van der Waals surface area contributed by atoms with E-state index in [1.807, 2.05) is 24.3 Å². The van der Waals surface area contributed by atoms with Gasteiger partial charge in [0, 0.05) is 5.56 Å². The number of nitrogens with zero attached hydrogens (tertiary/aromatic N) is 2. The molecule has 0 aliphatic carbocycles. The highest BCUT2D eigenvalue weighted by atomic mass is 35.5. The fourth-order valence-corrected chi connectivity index (χ4v) is 2.74. The minimum Gasteiger partial charge on any atom is -0.502 e. The molecule has 0 amide bonds. The molecule has 3 rings (SSSR count). The number of rotatable bonds is 6. The monoisotopic (exact) mass is 386 g/mol. The lowest BCUT2D eigenvalue weighted by atomic mass is 10.1. The summed E-state index contributed by atoms with van der Waals surface area (Å²) in [6, 6.07) is 11.2. The number of benzene rings is 2. The number of aromatic hydroxyl groups is 1. The quantitative estimate of drug-likeness (QED) is 0.658. The number of ether oxygens (including phenoxy) is 2. The molecular formula is C20H19ClN2O4. The zero-order valence-electron chi connectivity index (χ0n) is 15.2. The van der Waals surface area contributed by atoms with E-state index in [1.54, 1.807) is 18.2 Å². The van der Waals surface area contributed by atoms with Crippen molar-refractivity contribution in [2.75, 3.05) is 14.2 Å². The molecule has 1 heterocycles. The van der Waals surface area contributed by atoms with Crippen LogP contribution in [0.2, 0.25) is 0 Å². The SMILES string of the molecule is CCc1ccc(-c2noc(/C(Cl)=C/c3cc(OC)c(O)c(OC)c3)n2)cc1. The Kier molecular flexibility index (Phi) is 5.66. The third-order valence-corrected chi connectivity index (χ3v) is 4.32. The average Bonchev–Trinajstić information content (AvgIpc) is 3.19. The van der Waals surface area contributed by atoms with E-state index in [-0.39, 0.29) is 28.2 Å². The summed E-state index contributed by atoms with van der Waals surface area (Å²) in [5, 5.41) is 14.2. The van der Waals surface area contributed by atoms with Crippen molar-refractivity contribution < 1.29 is 19.1 Å². The molecule has 0 fully saturated rings. The van der Waals surface area contributed by atoms with Crippen molar-refractivity contribution in [1.29, 1.82) is 0 Å². The summed E-state index contributed by atoms with van der Waals surface area (Å²) in [5.74, 6) is 1.11. The molecule has 0 unspecified atom stereocenters. The Morgan fingerprint density at radius 1 is 1.15 bits per heavy atom. The van der Waals surface area contributed by atoms with Gasteiger partial charge in [-0.15, -0.1) is 0 Å². The molecule has 0 atom stereocenters. The molecule has 27 heavy (non-hydrogen) atoms. The average molecular weight is 387 g/mol. The molecule has 6 nitrogen and oxygen atoms in total. The second-order valence-corrected chi connectivity index (χ2v) is 6.15. The number of aromatic nitrogens is 2. The topological polar surface area (TPSA) is 77.6 Å². The zero-order valence-corrected chi connectivity index (χ0v) is 15.9. The van der Waals surface area contributed by atoms with Crippen LogP contribution in [0.1, 0.15) is 23.9 Å². The van der Waals surface area contributed by atoms with E-state index in [1.165, 1.54) is 19.8 Å². The van der Waals surface area contributed by atoms with Gasteiger partial charge in [0.2, 0.25) is 11.6 Å². The van der Waals surface area contributed by atoms with Crippen molar-refractivity contribution in [3.05, 3.63) is 53.4 Å². The van der Waals surface area contributed by atoms with E-state index < -0.39 is 0 Å². The molecule has 0 saturated carbocycles. The Morgan fingerprint density at radius 3 is 2.33 bits per heavy atom. The molecule has 0 bridgehead atoms. The Morgan fingerprint density at radius 2 is 1.78 bits per heavy atom. The predicted molar refractivity (Wildman–Crippen MR) is 104 cm³/mol. The number of hydrogen-bond acceptors (Lipinski definition) is 6. The lowest BCUT2D eigenvalue weighted by molar-refractivity contribution is 0.340. The first-order chi connectivity index (χ1) is 13.0. The summed E-state index contributed by atoms with van der Waals surface area (Å²) in [6.45, 7) is 2.10. The molecule has 0 aliphatic rings. The number of methoxy groups -OCH3 is 2. The van der Waals surface area contributed by atoms with Crippen molar-refractivity contribution in [1.82, 2.24) is 10.1 Å². The van der Waals surface area contributed by atoms with Crippen LogP contribution in [0.25, 0.3) is 22.5 Å². The minimum absolute atomic E-state index is 0.0797. The van der Waals surface area contributed by atoms with Crippen LogP contribution in [-0.4, -0.2) is 29.5 Å². The minimum atomic E-state index is -0.0797.